The molecule has 0 spiro atoms. The van der Waals surface area contributed by atoms with Gasteiger partial charge in [-0.1, -0.05) is 15.9 Å². The summed E-state index contributed by atoms with van der Waals surface area (Å²) in [6.07, 6.45) is 3.44. The van der Waals surface area contributed by atoms with Gasteiger partial charge in [0.1, 0.15) is 5.82 Å². The molecule has 1 aliphatic heterocycles. The topological polar surface area (TPSA) is 52.6 Å². The summed E-state index contributed by atoms with van der Waals surface area (Å²) in [5, 5.41) is 0. The van der Waals surface area contributed by atoms with E-state index in [2.05, 4.69) is 30.8 Å². The van der Waals surface area contributed by atoms with Crippen molar-refractivity contribution < 1.29 is 9.18 Å². The number of amides is 1. The van der Waals surface area contributed by atoms with E-state index in [1.54, 1.807) is 30.6 Å². The second kappa shape index (κ2) is 8.55. The number of anilines is 1. The minimum atomic E-state index is -0.260. The third-order valence-electron chi connectivity index (χ3n) is 4.32. The van der Waals surface area contributed by atoms with E-state index in [1.807, 2.05) is 16.8 Å². The zero-order valence-electron chi connectivity index (χ0n) is 14.6. The Kier molecular flexibility index (Phi) is 6.16. The fraction of sp³-hybridized carbons (Fsp3) is 0.389. The van der Waals surface area contributed by atoms with Crippen LogP contribution in [0.25, 0.3) is 0 Å². The number of carbonyl (C=O) groups excluding carboxylic acids is 1. The van der Waals surface area contributed by atoms with Crippen molar-refractivity contribution in [2.75, 3.05) is 44.7 Å². The number of hydrogen-bond acceptors (Lipinski definition) is 5. The average Bonchev–Trinajstić information content (AvgIpc) is 2.65. The van der Waals surface area contributed by atoms with Gasteiger partial charge >= 0.3 is 0 Å². The van der Waals surface area contributed by atoms with Crippen LogP contribution >= 0.6 is 15.9 Å². The van der Waals surface area contributed by atoms with E-state index in [-0.39, 0.29) is 18.3 Å². The molecule has 1 aliphatic rings. The van der Waals surface area contributed by atoms with E-state index >= 15 is 0 Å². The van der Waals surface area contributed by atoms with Gasteiger partial charge < -0.3 is 9.80 Å². The summed E-state index contributed by atoms with van der Waals surface area (Å²) in [5.41, 5.74) is 0.570. The number of aromatic nitrogens is 2. The van der Waals surface area contributed by atoms with Crippen molar-refractivity contribution in [2.24, 2.45) is 0 Å². The molecule has 1 fully saturated rings. The lowest BCUT2D eigenvalue weighted by atomic mass is 10.2. The van der Waals surface area contributed by atoms with Crippen LogP contribution < -0.4 is 4.90 Å². The van der Waals surface area contributed by atoms with E-state index in [0.717, 1.165) is 4.47 Å². The van der Waals surface area contributed by atoms with E-state index in [4.69, 9.17) is 0 Å². The summed E-state index contributed by atoms with van der Waals surface area (Å²) in [6.45, 7) is 3.33. The molecule has 0 unspecified atom stereocenters. The van der Waals surface area contributed by atoms with Gasteiger partial charge in [0, 0.05) is 55.2 Å². The Morgan fingerprint density at radius 3 is 2.62 bits per heavy atom. The standard InChI is InChI=1S/C18H21BrFN5O/c1-23(12-14-11-15(19)3-4-16(14)20)13-17(26)24-7-9-25(10-8-24)18-21-5-2-6-22-18/h2-6,11H,7-10,12-13H2,1H3. The van der Waals surface area contributed by atoms with Crippen molar-refractivity contribution in [2.45, 2.75) is 6.54 Å². The molecule has 1 amide bonds. The van der Waals surface area contributed by atoms with Crippen molar-refractivity contribution in [1.82, 2.24) is 19.8 Å². The summed E-state index contributed by atoms with van der Waals surface area (Å²) in [4.78, 5) is 26.8. The van der Waals surface area contributed by atoms with Gasteiger partial charge in [-0.2, -0.15) is 0 Å². The van der Waals surface area contributed by atoms with Gasteiger partial charge in [-0.05, 0) is 31.3 Å². The predicted molar refractivity (Wildman–Crippen MR) is 101 cm³/mol. The van der Waals surface area contributed by atoms with Crippen molar-refractivity contribution in [3.05, 3.63) is 52.5 Å². The number of carbonyl (C=O) groups is 1. The molecule has 1 aromatic heterocycles. The second-order valence-corrected chi connectivity index (χ2v) is 7.24. The number of benzene rings is 1. The smallest absolute Gasteiger partial charge is 0.236 e. The lowest BCUT2D eigenvalue weighted by molar-refractivity contribution is -0.132. The molecule has 138 valence electrons. The van der Waals surface area contributed by atoms with Crippen molar-refractivity contribution in [1.29, 1.82) is 0 Å². The molecule has 6 nitrogen and oxygen atoms in total. The van der Waals surface area contributed by atoms with Crippen molar-refractivity contribution in [3.8, 4) is 0 Å². The Balaban J connectivity index is 1.50. The Labute approximate surface area is 160 Å². The maximum absolute atomic E-state index is 13.9. The molecule has 1 saturated heterocycles. The van der Waals surface area contributed by atoms with Gasteiger partial charge in [0.2, 0.25) is 11.9 Å². The highest BCUT2D eigenvalue weighted by molar-refractivity contribution is 9.10. The molecule has 0 saturated carbocycles. The van der Waals surface area contributed by atoms with Crippen LogP contribution in [0.1, 0.15) is 5.56 Å². The van der Waals surface area contributed by atoms with Gasteiger partial charge in [0.15, 0.2) is 0 Å². The van der Waals surface area contributed by atoms with Crippen LogP contribution in [0.5, 0.6) is 0 Å². The molecule has 2 heterocycles. The largest absolute Gasteiger partial charge is 0.338 e. The van der Waals surface area contributed by atoms with Crippen molar-refractivity contribution in [3.63, 3.8) is 0 Å². The number of piperazine rings is 1. The maximum atomic E-state index is 13.9. The van der Waals surface area contributed by atoms with Gasteiger partial charge in [0.25, 0.3) is 0 Å². The molecule has 26 heavy (non-hydrogen) atoms. The lowest BCUT2D eigenvalue weighted by Crippen LogP contribution is -2.51. The van der Waals surface area contributed by atoms with Crippen LogP contribution in [0.2, 0.25) is 0 Å². The first-order chi connectivity index (χ1) is 12.5. The molecular weight excluding hydrogens is 401 g/mol. The molecule has 0 atom stereocenters. The van der Waals surface area contributed by atoms with E-state index in [9.17, 15) is 9.18 Å². The highest BCUT2D eigenvalue weighted by Crippen LogP contribution is 2.17. The maximum Gasteiger partial charge on any atom is 0.236 e. The fourth-order valence-electron chi connectivity index (χ4n) is 2.95. The Morgan fingerprint density at radius 1 is 1.23 bits per heavy atom. The van der Waals surface area contributed by atoms with E-state index in [1.165, 1.54) is 6.07 Å². The lowest BCUT2D eigenvalue weighted by Gasteiger charge is -2.35. The number of rotatable bonds is 5. The number of likely N-dealkylation sites (N-methyl/N-ethyl adjacent to an activating group) is 1. The first-order valence-corrected chi connectivity index (χ1v) is 9.24. The van der Waals surface area contributed by atoms with Gasteiger partial charge in [0.05, 0.1) is 6.54 Å². The minimum Gasteiger partial charge on any atom is -0.338 e. The molecule has 0 N–H and O–H groups in total. The highest BCUT2D eigenvalue weighted by Gasteiger charge is 2.23. The third kappa shape index (κ3) is 4.76. The number of hydrogen-bond donors (Lipinski definition) is 0. The SMILES string of the molecule is CN(CC(=O)N1CCN(c2ncccn2)CC1)Cc1cc(Br)ccc1F. The first-order valence-electron chi connectivity index (χ1n) is 8.45. The van der Waals surface area contributed by atoms with Crippen LogP contribution in [0.4, 0.5) is 10.3 Å². The fourth-order valence-corrected chi connectivity index (χ4v) is 3.36. The summed E-state index contributed by atoms with van der Waals surface area (Å²) >= 11 is 3.35. The molecule has 3 rings (SSSR count). The molecule has 8 heteroatoms. The zero-order valence-corrected chi connectivity index (χ0v) is 16.2. The van der Waals surface area contributed by atoms with Crippen LogP contribution in [0, 0.1) is 5.82 Å². The Bertz CT molecular complexity index is 753. The zero-order chi connectivity index (χ0) is 18.5. The van der Waals surface area contributed by atoms with Crippen LogP contribution in [-0.2, 0) is 11.3 Å². The molecule has 1 aromatic carbocycles. The minimum absolute atomic E-state index is 0.0523. The monoisotopic (exact) mass is 421 g/mol. The van der Waals surface area contributed by atoms with Gasteiger partial charge in [-0.25, -0.2) is 14.4 Å². The normalized spacial score (nSPS) is 14.8. The molecular formula is C18H21BrFN5O. The average molecular weight is 422 g/mol. The van der Waals surface area contributed by atoms with Gasteiger partial charge in [-0.15, -0.1) is 0 Å². The molecule has 2 aromatic rings. The van der Waals surface area contributed by atoms with Gasteiger partial charge in [-0.3, -0.25) is 9.69 Å². The number of halogens is 2. The quantitative estimate of drug-likeness (QED) is 0.740. The molecule has 0 bridgehead atoms. The van der Waals surface area contributed by atoms with Crippen LogP contribution in [0.3, 0.4) is 0 Å². The Hall–Kier alpha value is -2.06. The summed E-state index contributed by atoms with van der Waals surface area (Å²) in [6, 6.07) is 6.63. The van der Waals surface area contributed by atoms with Crippen LogP contribution in [-0.4, -0.2) is 65.4 Å². The van der Waals surface area contributed by atoms with E-state index in [0.29, 0.717) is 44.2 Å². The highest BCUT2D eigenvalue weighted by atomic mass is 79.9. The van der Waals surface area contributed by atoms with Crippen molar-refractivity contribution >= 4 is 27.8 Å². The van der Waals surface area contributed by atoms with E-state index < -0.39 is 0 Å². The number of nitrogens with zero attached hydrogens (tertiary/aromatic N) is 5. The molecule has 0 aliphatic carbocycles. The predicted octanol–water partition coefficient (Wildman–Crippen LogP) is 2.16. The third-order valence-corrected chi connectivity index (χ3v) is 4.81. The summed E-state index contributed by atoms with van der Waals surface area (Å²) in [5.74, 6) is 0.488. The van der Waals surface area contributed by atoms with Crippen LogP contribution in [0.15, 0.2) is 41.1 Å². The Morgan fingerprint density at radius 2 is 1.92 bits per heavy atom. The first kappa shape index (κ1) is 18.7. The second-order valence-electron chi connectivity index (χ2n) is 6.32. The summed E-state index contributed by atoms with van der Waals surface area (Å²) in [7, 11) is 1.83. The molecule has 0 radical (unpaired) electrons. The summed E-state index contributed by atoms with van der Waals surface area (Å²) < 4.78 is 14.7.